The van der Waals surface area contributed by atoms with Crippen molar-refractivity contribution in [3.8, 4) is 5.75 Å². The van der Waals surface area contributed by atoms with Crippen molar-refractivity contribution < 1.29 is 28.6 Å². The number of likely N-dealkylation sites (N-methyl/N-ethyl adjacent to an activating group) is 1. The number of esters is 1. The molecule has 9 nitrogen and oxygen atoms in total. The molecule has 0 N–H and O–H groups in total. The Hall–Kier alpha value is -3.15. The van der Waals surface area contributed by atoms with Crippen molar-refractivity contribution in [2.24, 2.45) is 4.99 Å². The first-order valence-electron chi connectivity index (χ1n) is 12.2. The molecule has 0 aromatic heterocycles. The average molecular weight is 603 g/mol. The summed E-state index contributed by atoms with van der Waals surface area (Å²) in [7, 11) is 0. The summed E-state index contributed by atoms with van der Waals surface area (Å²) in [5, 5.41) is 0.549. The van der Waals surface area contributed by atoms with Gasteiger partial charge in [0.05, 0.1) is 34.9 Å². The molecular weight excluding hydrogens is 574 g/mol. The van der Waals surface area contributed by atoms with E-state index in [9.17, 15) is 14.4 Å². The minimum atomic E-state index is -0.444. The van der Waals surface area contributed by atoms with E-state index >= 15 is 0 Å². The van der Waals surface area contributed by atoms with Gasteiger partial charge in [-0.05, 0) is 83.5 Å². The first-order chi connectivity index (χ1) is 18.4. The summed E-state index contributed by atoms with van der Waals surface area (Å²) in [5.74, 6) is -0.148. The second-order valence-corrected chi connectivity index (χ2v) is 10.2. The number of amides is 2. The van der Waals surface area contributed by atoms with E-state index in [0.29, 0.717) is 71.0 Å². The van der Waals surface area contributed by atoms with Crippen molar-refractivity contribution in [1.29, 1.82) is 0 Å². The third-order valence-corrected chi connectivity index (χ3v) is 7.35. The number of halogens is 1. The van der Waals surface area contributed by atoms with Crippen molar-refractivity contribution in [2.45, 2.75) is 13.8 Å². The summed E-state index contributed by atoms with van der Waals surface area (Å²) in [6, 6.07) is 12.5. The fourth-order valence-electron chi connectivity index (χ4n) is 3.85. The van der Waals surface area contributed by atoms with Crippen LogP contribution in [0.2, 0.25) is 0 Å². The van der Waals surface area contributed by atoms with Crippen LogP contribution in [0.25, 0.3) is 6.08 Å². The van der Waals surface area contributed by atoms with Gasteiger partial charge in [0.15, 0.2) is 11.8 Å². The zero-order valence-corrected chi connectivity index (χ0v) is 23.5. The molecule has 2 aliphatic rings. The lowest BCUT2D eigenvalue weighted by Gasteiger charge is -2.26. The lowest BCUT2D eigenvalue weighted by atomic mass is 10.1. The Bertz CT molecular complexity index is 1280. The van der Waals surface area contributed by atoms with Gasteiger partial charge in [0.2, 0.25) is 0 Å². The van der Waals surface area contributed by atoms with Crippen molar-refractivity contribution in [2.75, 3.05) is 46.1 Å². The first-order valence-corrected chi connectivity index (χ1v) is 13.9. The van der Waals surface area contributed by atoms with Gasteiger partial charge >= 0.3 is 5.97 Å². The van der Waals surface area contributed by atoms with Gasteiger partial charge in [-0.1, -0.05) is 12.1 Å². The Labute approximate surface area is 233 Å². The lowest BCUT2D eigenvalue weighted by molar-refractivity contribution is -0.145. The van der Waals surface area contributed by atoms with Crippen molar-refractivity contribution in [3.63, 3.8) is 0 Å². The van der Waals surface area contributed by atoms with E-state index in [1.807, 2.05) is 19.1 Å². The number of morpholine rings is 1. The van der Waals surface area contributed by atoms with Crippen LogP contribution in [0.3, 0.4) is 0 Å². The maximum absolute atomic E-state index is 13.1. The predicted molar refractivity (Wildman–Crippen MR) is 149 cm³/mol. The molecular formula is C27H28BrN3O6S. The first kappa shape index (κ1) is 27.9. The van der Waals surface area contributed by atoms with Gasteiger partial charge < -0.3 is 19.1 Å². The highest BCUT2D eigenvalue weighted by Crippen LogP contribution is 2.35. The zero-order valence-electron chi connectivity index (χ0n) is 21.1. The molecule has 38 heavy (non-hydrogen) atoms. The molecule has 2 heterocycles. The minimum Gasteiger partial charge on any atom is -0.481 e. The molecule has 0 aliphatic carbocycles. The Morgan fingerprint density at radius 1 is 1.16 bits per heavy atom. The van der Waals surface area contributed by atoms with Crippen LogP contribution >= 0.6 is 27.7 Å². The molecule has 0 bridgehead atoms. The van der Waals surface area contributed by atoms with Crippen molar-refractivity contribution in [1.82, 2.24) is 9.80 Å². The summed E-state index contributed by atoms with van der Waals surface area (Å²) >= 11 is 4.74. The second kappa shape index (κ2) is 13.1. The smallest absolute Gasteiger partial charge is 0.344 e. The Kier molecular flexibility index (Phi) is 9.59. The average Bonchev–Trinajstić information content (AvgIpc) is 3.21. The number of hydrogen-bond acceptors (Lipinski definition) is 8. The fourth-order valence-corrected chi connectivity index (χ4v) is 5.43. The summed E-state index contributed by atoms with van der Waals surface area (Å²) in [6.45, 7) is 6.38. The molecule has 11 heteroatoms. The van der Waals surface area contributed by atoms with Crippen molar-refractivity contribution in [3.05, 3.63) is 63.0 Å². The van der Waals surface area contributed by atoms with Gasteiger partial charge in [0.1, 0.15) is 5.75 Å². The molecule has 0 atom stereocenters. The maximum Gasteiger partial charge on any atom is 0.344 e. The molecule has 2 saturated heterocycles. The maximum atomic E-state index is 13.1. The van der Waals surface area contributed by atoms with Crippen LogP contribution in [0.1, 0.15) is 29.8 Å². The molecule has 2 amide bonds. The molecule has 200 valence electrons. The van der Waals surface area contributed by atoms with E-state index in [1.54, 1.807) is 53.1 Å². The third kappa shape index (κ3) is 6.83. The largest absolute Gasteiger partial charge is 0.481 e. The number of carbonyl (C=O) groups is 3. The quantitative estimate of drug-likeness (QED) is 0.325. The predicted octanol–water partition coefficient (Wildman–Crippen LogP) is 4.49. The van der Waals surface area contributed by atoms with E-state index < -0.39 is 5.97 Å². The van der Waals surface area contributed by atoms with E-state index in [-0.39, 0.29) is 18.4 Å². The molecule has 0 unspecified atom stereocenters. The minimum absolute atomic E-state index is 0.0568. The second-order valence-electron chi connectivity index (χ2n) is 8.29. The molecule has 2 fully saturated rings. The van der Waals surface area contributed by atoms with Gasteiger partial charge in [0.25, 0.3) is 11.8 Å². The van der Waals surface area contributed by atoms with Crippen LogP contribution in [-0.2, 0) is 19.1 Å². The van der Waals surface area contributed by atoms with Crippen LogP contribution < -0.4 is 4.74 Å². The molecule has 2 aromatic carbocycles. The highest BCUT2D eigenvalue weighted by atomic mass is 79.9. The normalized spacial score (nSPS) is 17.8. The molecule has 2 aromatic rings. The van der Waals surface area contributed by atoms with Gasteiger partial charge in [-0.15, -0.1) is 0 Å². The standard InChI is InChI=1S/C27H28BrN3O6S/c1-3-31-26(34)23(15-18-8-9-22(21(28)14-18)37-17-24(32)36-4-2)38-27(31)29-20-7-5-6-19(16-20)25(33)30-10-12-35-13-11-30/h5-9,14-16H,3-4,10-13,17H2,1-2H3/b23-15+,29-27?. The molecule has 2 aliphatic heterocycles. The monoisotopic (exact) mass is 601 g/mol. The summed E-state index contributed by atoms with van der Waals surface area (Å²) < 4.78 is 16.4. The van der Waals surface area contributed by atoms with Crippen LogP contribution in [0.15, 0.2) is 56.8 Å². The third-order valence-electron chi connectivity index (χ3n) is 5.73. The van der Waals surface area contributed by atoms with Crippen LogP contribution in [-0.4, -0.2) is 78.8 Å². The lowest BCUT2D eigenvalue weighted by Crippen LogP contribution is -2.40. The van der Waals surface area contributed by atoms with Crippen LogP contribution in [0.4, 0.5) is 5.69 Å². The van der Waals surface area contributed by atoms with Gasteiger partial charge in [-0.3, -0.25) is 14.5 Å². The van der Waals surface area contributed by atoms with Gasteiger partial charge in [-0.2, -0.15) is 0 Å². The summed E-state index contributed by atoms with van der Waals surface area (Å²) in [5.41, 5.74) is 1.94. The number of aliphatic imine (C=N–C) groups is 1. The number of ether oxygens (including phenoxy) is 3. The number of amidine groups is 1. The number of thioether (sulfide) groups is 1. The number of carbonyl (C=O) groups excluding carboxylic acids is 3. The van der Waals surface area contributed by atoms with Gasteiger partial charge in [0, 0.05) is 25.2 Å². The van der Waals surface area contributed by atoms with Crippen molar-refractivity contribution >= 4 is 62.4 Å². The highest BCUT2D eigenvalue weighted by molar-refractivity contribution is 9.10. The molecule has 0 saturated carbocycles. The Morgan fingerprint density at radius 3 is 2.66 bits per heavy atom. The fraction of sp³-hybridized carbons (Fsp3) is 0.333. The SMILES string of the molecule is CCOC(=O)COc1ccc(/C=C2/SC(=Nc3cccc(C(=O)N4CCOCC4)c3)N(CC)C2=O)cc1Br. The van der Waals surface area contributed by atoms with Gasteiger partial charge in [-0.25, -0.2) is 9.79 Å². The number of nitrogens with zero attached hydrogens (tertiary/aromatic N) is 3. The van der Waals surface area contributed by atoms with E-state index in [2.05, 4.69) is 15.9 Å². The summed E-state index contributed by atoms with van der Waals surface area (Å²) in [4.78, 5) is 46.2. The van der Waals surface area contributed by atoms with E-state index in [0.717, 1.165) is 5.56 Å². The number of hydrogen-bond donors (Lipinski definition) is 0. The van der Waals surface area contributed by atoms with E-state index in [1.165, 1.54) is 11.8 Å². The Balaban J connectivity index is 1.50. The molecule has 4 rings (SSSR count). The Morgan fingerprint density at radius 2 is 1.95 bits per heavy atom. The highest BCUT2D eigenvalue weighted by Gasteiger charge is 2.32. The molecule has 0 spiro atoms. The van der Waals surface area contributed by atoms with Crippen LogP contribution in [0.5, 0.6) is 5.75 Å². The molecule has 0 radical (unpaired) electrons. The zero-order chi connectivity index (χ0) is 27.1. The number of benzene rings is 2. The van der Waals surface area contributed by atoms with E-state index in [4.69, 9.17) is 19.2 Å². The summed E-state index contributed by atoms with van der Waals surface area (Å²) in [6.07, 6.45) is 1.79. The topological polar surface area (TPSA) is 97.7 Å². The number of rotatable bonds is 8. The van der Waals surface area contributed by atoms with Crippen LogP contribution in [0, 0.1) is 0 Å².